The van der Waals surface area contributed by atoms with Gasteiger partial charge in [-0.3, -0.25) is 5.10 Å². The minimum Gasteiger partial charge on any atom is -0.282 e. The first-order valence-corrected chi connectivity index (χ1v) is 9.18. The summed E-state index contributed by atoms with van der Waals surface area (Å²) in [5, 5.41) is 7.56. The maximum atomic E-state index is 12.7. The molecule has 0 amide bonds. The van der Waals surface area contributed by atoms with Gasteiger partial charge in [0, 0.05) is 30.3 Å². The van der Waals surface area contributed by atoms with Gasteiger partial charge >= 0.3 is 0 Å². The summed E-state index contributed by atoms with van der Waals surface area (Å²) in [7, 11) is -3.30. The van der Waals surface area contributed by atoms with Gasteiger partial charge < -0.3 is 0 Å². The van der Waals surface area contributed by atoms with Gasteiger partial charge in [0.15, 0.2) is 0 Å². The fourth-order valence-electron chi connectivity index (χ4n) is 2.68. The summed E-state index contributed by atoms with van der Waals surface area (Å²) in [5.41, 5.74) is 3.23. The third-order valence-corrected chi connectivity index (χ3v) is 6.89. The summed E-state index contributed by atoms with van der Waals surface area (Å²) in [6.45, 7) is 10.6. The first-order valence-electron chi connectivity index (χ1n) is 7.74. The second-order valence-electron chi connectivity index (χ2n) is 6.93. The van der Waals surface area contributed by atoms with Crippen molar-refractivity contribution < 1.29 is 8.42 Å². The molecular weight excluding hydrogens is 286 g/mol. The number of fused-ring (bicyclic) bond motifs is 1. The van der Waals surface area contributed by atoms with Crippen LogP contribution in [0.3, 0.4) is 0 Å². The van der Waals surface area contributed by atoms with E-state index in [-0.39, 0.29) is 0 Å². The molecule has 2 heterocycles. The van der Waals surface area contributed by atoms with Crippen LogP contribution in [0.4, 0.5) is 0 Å². The molecule has 1 atom stereocenters. The smallest absolute Gasteiger partial charge is 0.219 e. The van der Waals surface area contributed by atoms with Crippen LogP contribution in [0.25, 0.3) is 0 Å². The minimum atomic E-state index is -3.30. The molecule has 1 aliphatic rings. The molecule has 1 N–H and O–H groups in total. The Hall–Kier alpha value is -0.880. The van der Waals surface area contributed by atoms with Gasteiger partial charge in [-0.25, -0.2) is 8.42 Å². The van der Waals surface area contributed by atoms with Gasteiger partial charge in [0.2, 0.25) is 10.0 Å². The van der Waals surface area contributed by atoms with Crippen molar-refractivity contribution in [1.29, 1.82) is 0 Å². The number of nitrogens with zero attached hydrogens (tertiary/aromatic N) is 2. The molecule has 0 aliphatic carbocycles. The van der Waals surface area contributed by atoms with Gasteiger partial charge in [-0.15, -0.1) is 0 Å². The fraction of sp³-hybridized carbons (Fsp3) is 0.800. The van der Waals surface area contributed by atoms with Crippen molar-refractivity contribution in [3.05, 3.63) is 17.0 Å². The minimum absolute atomic E-state index is 0.349. The SMILES string of the molecule is CCC(C)c1n[nH]c2c1CN(S(=O)(=O)C(C)(C)C)CCC2. The van der Waals surface area contributed by atoms with Crippen LogP contribution in [-0.4, -0.2) is 34.2 Å². The van der Waals surface area contributed by atoms with Gasteiger partial charge in [-0.1, -0.05) is 13.8 Å². The fourth-order valence-corrected chi connectivity index (χ4v) is 4.12. The van der Waals surface area contributed by atoms with Crippen LogP contribution in [0.5, 0.6) is 0 Å². The topological polar surface area (TPSA) is 66.1 Å². The Kier molecular flexibility index (Phi) is 4.49. The highest BCUT2D eigenvalue weighted by molar-refractivity contribution is 7.90. The van der Waals surface area contributed by atoms with Crippen LogP contribution in [0, 0.1) is 0 Å². The van der Waals surface area contributed by atoms with Crippen LogP contribution in [0.15, 0.2) is 0 Å². The summed E-state index contributed by atoms with van der Waals surface area (Å²) in [4.78, 5) is 0. The van der Waals surface area contributed by atoms with E-state index in [2.05, 4.69) is 24.0 Å². The molecule has 1 unspecified atom stereocenters. The van der Waals surface area contributed by atoms with Crippen molar-refractivity contribution in [2.45, 2.75) is 71.1 Å². The molecule has 0 fully saturated rings. The molecule has 1 aromatic rings. The van der Waals surface area contributed by atoms with Crippen molar-refractivity contribution in [2.24, 2.45) is 0 Å². The average molecular weight is 313 g/mol. The van der Waals surface area contributed by atoms with E-state index in [1.165, 1.54) is 0 Å². The summed E-state index contributed by atoms with van der Waals surface area (Å²) in [5.74, 6) is 0.349. The molecule has 0 saturated carbocycles. The highest BCUT2D eigenvalue weighted by atomic mass is 32.2. The van der Waals surface area contributed by atoms with E-state index < -0.39 is 14.8 Å². The van der Waals surface area contributed by atoms with E-state index in [0.717, 1.165) is 36.2 Å². The van der Waals surface area contributed by atoms with E-state index in [0.29, 0.717) is 19.0 Å². The number of aryl methyl sites for hydroxylation is 1. The second-order valence-corrected chi connectivity index (χ2v) is 9.62. The van der Waals surface area contributed by atoms with Gasteiger partial charge in [0.05, 0.1) is 10.4 Å². The quantitative estimate of drug-likeness (QED) is 0.933. The zero-order chi connectivity index (χ0) is 15.8. The summed E-state index contributed by atoms with van der Waals surface area (Å²) >= 11 is 0. The molecule has 1 aliphatic heterocycles. The maximum Gasteiger partial charge on any atom is 0.219 e. The summed E-state index contributed by atoms with van der Waals surface area (Å²) in [6.07, 6.45) is 2.71. The lowest BCUT2D eigenvalue weighted by Crippen LogP contribution is -2.42. The average Bonchev–Trinajstić information content (AvgIpc) is 2.66. The van der Waals surface area contributed by atoms with Gasteiger partial charge in [0.1, 0.15) is 0 Å². The van der Waals surface area contributed by atoms with Gasteiger partial charge in [0.25, 0.3) is 0 Å². The maximum absolute atomic E-state index is 12.7. The third-order valence-electron chi connectivity index (χ3n) is 4.35. The number of H-pyrrole nitrogens is 1. The van der Waals surface area contributed by atoms with Crippen molar-refractivity contribution >= 4 is 10.0 Å². The summed E-state index contributed by atoms with van der Waals surface area (Å²) in [6, 6.07) is 0. The van der Waals surface area contributed by atoms with Gasteiger partial charge in [-0.2, -0.15) is 9.40 Å². The first kappa shape index (κ1) is 16.5. The Balaban J connectivity index is 2.39. The summed E-state index contributed by atoms with van der Waals surface area (Å²) < 4.78 is 26.3. The molecule has 0 aromatic carbocycles. The van der Waals surface area contributed by atoms with E-state index in [1.54, 1.807) is 25.1 Å². The monoisotopic (exact) mass is 313 g/mol. The number of hydrogen-bond acceptors (Lipinski definition) is 3. The molecule has 1 aromatic heterocycles. The lowest BCUT2D eigenvalue weighted by Gasteiger charge is -2.29. The van der Waals surface area contributed by atoms with Crippen LogP contribution in [0.1, 0.15) is 70.3 Å². The molecule has 6 heteroatoms. The lowest BCUT2D eigenvalue weighted by molar-refractivity contribution is 0.391. The molecular formula is C15H27N3O2S. The lowest BCUT2D eigenvalue weighted by atomic mass is 9.99. The molecule has 120 valence electrons. The Morgan fingerprint density at radius 3 is 2.62 bits per heavy atom. The Morgan fingerprint density at radius 1 is 1.38 bits per heavy atom. The molecule has 0 spiro atoms. The van der Waals surface area contributed by atoms with Crippen molar-refractivity contribution in [2.75, 3.05) is 6.54 Å². The van der Waals surface area contributed by atoms with Crippen LogP contribution in [-0.2, 0) is 23.0 Å². The van der Waals surface area contributed by atoms with E-state index in [9.17, 15) is 8.42 Å². The predicted molar refractivity (Wildman–Crippen MR) is 84.7 cm³/mol. The van der Waals surface area contributed by atoms with Crippen LogP contribution < -0.4 is 0 Å². The number of aromatic nitrogens is 2. The molecule has 5 nitrogen and oxygen atoms in total. The van der Waals surface area contributed by atoms with Crippen molar-refractivity contribution in [1.82, 2.24) is 14.5 Å². The number of rotatable bonds is 3. The second kappa shape index (κ2) is 5.72. The number of aromatic amines is 1. The standard InChI is InChI=1S/C15H27N3O2S/c1-6-11(2)14-12-10-18(21(19,20)15(3,4)5)9-7-8-13(12)16-17-14/h11H,6-10H2,1-5H3,(H,16,17). The zero-order valence-electron chi connectivity index (χ0n) is 13.7. The number of hydrogen-bond donors (Lipinski definition) is 1. The Morgan fingerprint density at radius 2 is 2.05 bits per heavy atom. The van der Waals surface area contributed by atoms with E-state index >= 15 is 0 Å². The molecule has 0 radical (unpaired) electrons. The molecule has 0 bridgehead atoms. The number of sulfonamides is 1. The third kappa shape index (κ3) is 3.01. The van der Waals surface area contributed by atoms with E-state index in [1.807, 2.05) is 0 Å². The largest absolute Gasteiger partial charge is 0.282 e. The Bertz CT molecular complexity index is 599. The van der Waals surface area contributed by atoms with Gasteiger partial charge in [-0.05, 0) is 40.0 Å². The normalized spacial score (nSPS) is 19.1. The van der Waals surface area contributed by atoms with Crippen molar-refractivity contribution in [3.63, 3.8) is 0 Å². The van der Waals surface area contributed by atoms with Crippen LogP contribution >= 0.6 is 0 Å². The van der Waals surface area contributed by atoms with E-state index in [4.69, 9.17) is 0 Å². The van der Waals surface area contributed by atoms with Crippen molar-refractivity contribution in [3.8, 4) is 0 Å². The first-order chi connectivity index (χ1) is 9.68. The predicted octanol–water partition coefficient (Wildman–Crippen LogP) is 2.80. The Labute approximate surface area is 128 Å². The molecule has 21 heavy (non-hydrogen) atoms. The highest BCUT2D eigenvalue weighted by Crippen LogP contribution is 2.30. The molecule has 2 rings (SSSR count). The molecule has 0 saturated heterocycles. The van der Waals surface area contributed by atoms with Crippen LogP contribution in [0.2, 0.25) is 0 Å². The highest BCUT2D eigenvalue weighted by Gasteiger charge is 2.37. The zero-order valence-corrected chi connectivity index (χ0v) is 14.5. The number of nitrogens with one attached hydrogen (secondary N) is 1.